The molecule has 1 aliphatic heterocycles. The molecule has 2 heterocycles. The number of halogens is 1. The summed E-state index contributed by atoms with van der Waals surface area (Å²) in [6.07, 6.45) is 0.669. The van der Waals surface area contributed by atoms with Gasteiger partial charge in [0.15, 0.2) is 0 Å². The molecular weight excluding hydrogens is 304 g/mol. The number of para-hydroxylation sites is 1. The molecular formula is C15H15ClN4O2. The number of benzene rings is 1. The summed E-state index contributed by atoms with van der Waals surface area (Å²) in [5.41, 5.74) is 2.46. The summed E-state index contributed by atoms with van der Waals surface area (Å²) in [4.78, 5) is 14.1. The minimum absolute atomic E-state index is 0.186. The number of anilines is 1. The molecule has 1 N–H and O–H groups in total. The molecule has 0 bridgehead atoms. The number of nitrogens with zero attached hydrogens (tertiary/aromatic N) is 3. The number of carbonyl (C=O) groups excluding carboxylic acids is 1. The Morgan fingerprint density at radius 1 is 1.36 bits per heavy atom. The van der Waals surface area contributed by atoms with Gasteiger partial charge in [0.2, 0.25) is 5.88 Å². The second-order valence-electron chi connectivity index (χ2n) is 4.94. The van der Waals surface area contributed by atoms with E-state index in [4.69, 9.17) is 16.3 Å². The number of fused-ring (bicyclic) bond motifs is 1. The monoisotopic (exact) mass is 318 g/mol. The van der Waals surface area contributed by atoms with Crippen LogP contribution in [0.3, 0.4) is 0 Å². The van der Waals surface area contributed by atoms with Crippen molar-refractivity contribution >= 4 is 23.3 Å². The number of hydrogen-bond donors (Lipinski definition) is 1. The minimum atomic E-state index is -0.186. The van der Waals surface area contributed by atoms with Crippen LogP contribution >= 0.6 is 11.6 Å². The Balaban J connectivity index is 1.73. The van der Waals surface area contributed by atoms with E-state index in [0.29, 0.717) is 36.1 Å². The Labute approximate surface area is 133 Å². The third-order valence-electron chi connectivity index (χ3n) is 3.53. The summed E-state index contributed by atoms with van der Waals surface area (Å²) in [7, 11) is 1.54. The van der Waals surface area contributed by atoms with Crippen molar-refractivity contribution in [2.45, 2.75) is 13.0 Å². The normalized spacial score (nSPS) is 13.5. The highest BCUT2D eigenvalue weighted by atomic mass is 35.5. The molecule has 0 atom stereocenters. The lowest BCUT2D eigenvalue weighted by molar-refractivity contribution is 0.205. The topological polar surface area (TPSA) is 67.4 Å². The molecule has 0 unspecified atom stereocenters. The Bertz CT molecular complexity index is 708. The number of methoxy groups -OCH3 is 1. The third-order valence-corrected chi connectivity index (χ3v) is 3.86. The molecule has 1 aromatic heterocycles. The summed E-state index contributed by atoms with van der Waals surface area (Å²) in [6.45, 7) is 1.06. The largest absolute Gasteiger partial charge is 0.480 e. The first-order valence-corrected chi connectivity index (χ1v) is 7.25. The van der Waals surface area contributed by atoms with E-state index in [1.807, 2.05) is 18.2 Å². The fourth-order valence-corrected chi connectivity index (χ4v) is 2.52. The van der Waals surface area contributed by atoms with Gasteiger partial charge in [0.1, 0.15) is 0 Å². The number of rotatable bonds is 2. The van der Waals surface area contributed by atoms with Crippen molar-refractivity contribution in [3.63, 3.8) is 0 Å². The summed E-state index contributed by atoms with van der Waals surface area (Å²) in [5.74, 6) is 0.451. The van der Waals surface area contributed by atoms with Gasteiger partial charge in [0, 0.05) is 31.1 Å². The predicted octanol–water partition coefficient (Wildman–Crippen LogP) is 2.73. The molecule has 2 aromatic rings. The van der Waals surface area contributed by atoms with Crippen molar-refractivity contribution in [2.75, 3.05) is 19.0 Å². The second-order valence-corrected chi connectivity index (χ2v) is 5.35. The molecule has 1 aromatic carbocycles. The van der Waals surface area contributed by atoms with Crippen molar-refractivity contribution in [3.05, 3.63) is 46.6 Å². The molecule has 3 rings (SSSR count). The number of ether oxygens (including phenoxy) is 1. The molecule has 1 aliphatic rings. The van der Waals surface area contributed by atoms with Crippen LogP contribution in [0, 0.1) is 0 Å². The second kappa shape index (κ2) is 6.19. The SMILES string of the molecule is COc1cc2c(nn1)CCN(C(=O)Nc1ccccc1Cl)C2. The first kappa shape index (κ1) is 14.6. The van der Waals surface area contributed by atoms with Gasteiger partial charge in [0.25, 0.3) is 0 Å². The van der Waals surface area contributed by atoms with E-state index in [9.17, 15) is 4.79 Å². The lowest BCUT2D eigenvalue weighted by Gasteiger charge is -2.28. The average Bonchev–Trinajstić information content (AvgIpc) is 2.55. The van der Waals surface area contributed by atoms with Crippen LogP contribution in [-0.4, -0.2) is 34.8 Å². The van der Waals surface area contributed by atoms with Crippen LogP contribution in [0.4, 0.5) is 10.5 Å². The highest BCUT2D eigenvalue weighted by molar-refractivity contribution is 6.33. The fourth-order valence-electron chi connectivity index (χ4n) is 2.34. The van der Waals surface area contributed by atoms with E-state index in [1.54, 1.807) is 24.1 Å². The summed E-state index contributed by atoms with van der Waals surface area (Å²) in [5, 5.41) is 11.4. The maximum atomic E-state index is 12.4. The van der Waals surface area contributed by atoms with Gasteiger partial charge >= 0.3 is 6.03 Å². The zero-order chi connectivity index (χ0) is 15.5. The number of aromatic nitrogens is 2. The summed E-state index contributed by atoms with van der Waals surface area (Å²) in [6, 6.07) is 8.79. The number of carbonyl (C=O) groups is 1. The van der Waals surface area contributed by atoms with Gasteiger partial charge in [-0.3, -0.25) is 0 Å². The zero-order valence-electron chi connectivity index (χ0n) is 12.0. The fraction of sp³-hybridized carbons (Fsp3) is 0.267. The van der Waals surface area contributed by atoms with E-state index < -0.39 is 0 Å². The Hall–Kier alpha value is -2.34. The summed E-state index contributed by atoms with van der Waals surface area (Å²) >= 11 is 6.06. The van der Waals surface area contributed by atoms with Crippen molar-refractivity contribution in [1.82, 2.24) is 15.1 Å². The number of urea groups is 1. The van der Waals surface area contributed by atoms with E-state index in [2.05, 4.69) is 15.5 Å². The standard InChI is InChI=1S/C15H15ClN4O2/c1-22-14-8-10-9-20(7-6-12(10)18-19-14)15(21)17-13-5-3-2-4-11(13)16/h2-5,8H,6-7,9H2,1H3,(H,17,21). The van der Waals surface area contributed by atoms with Crippen LogP contribution in [0.5, 0.6) is 5.88 Å². The molecule has 0 spiro atoms. The molecule has 2 amide bonds. The quantitative estimate of drug-likeness (QED) is 0.924. The molecule has 0 radical (unpaired) electrons. The van der Waals surface area contributed by atoms with Crippen LogP contribution in [0.15, 0.2) is 30.3 Å². The van der Waals surface area contributed by atoms with Crippen molar-refractivity contribution in [2.24, 2.45) is 0 Å². The van der Waals surface area contributed by atoms with Gasteiger partial charge in [-0.1, -0.05) is 23.7 Å². The average molecular weight is 319 g/mol. The third kappa shape index (κ3) is 2.96. The van der Waals surface area contributed by atoms with Gasteiger partial charge in [-0.2, -0.15) is 5.10 Å². The van der Waals surface area contributed by atoms with Crippen LogP contribution < -0.4 is 10.1 Å². The maximum absolute atomic E-state index is 12.4. The van der Waals surface area contributed by atoms with Crippen LogP contribution in [-0.2, 0) is 13.0 Å². The highest BCUT2D eigenvalue weighted by Gasteiger charge is 2.23. The van der Waals surface area contributed by atoms with Gasteiger partial charge in [-0.05, 0) is 12.1 Å². The predicted molar refractivity (Wildman–Crippen MR) is 83.2 cm³/mol. The first-order chi connectivity index (χ1) is 10.7. The van der Waals surface area contributed by atoms with Crippen LogP contribution in [0.2, 0.25) is 5.02 Å². The molecule has 0 aliphatic carbocycles. The number of nitrogens with one attached hydrogen (secondary N) is 1. The molecule has 22 heavy (non-hydrogen) atoms. The highest BCUT2D eigenvalue weighted by Crippen LogP contribution is 2.23. The van der Waals surface area contributed by atoms with E-state index in [1.165, 1.54) is 0 Å². The number of amides is 2. The molecule has 0 fully saturated rings. The smallest absolute Gasteiger partial charge is 0.322 e. The van der Waals surface area contributed by atoms with Gasteiger partial charge in [-0.15, -0.1) is 5.10 Å². The van der Waals surface area contributed by atoms with Gasteiger partial charge in [-0.25, -0.2) is 4.79 Å². The number of hydrogen-bond acceptors (Lipinski definition) is 4. The lowest BCUT2D eigenvalue weighted by Crippen LogP contribution is -2.39. The molecule has 114 valence electrons. The zero-order valence-corrected chi connectivity index (χ0v) is 12.8. The Morgan fingerprint density at radius 3 is 2.95 bits per heavy atom. The van der Waals surface area contributed by atoms with Crippen LogP contribution in [0.25, 0.3) is 0 Å². The van der Waals surface area contributed by atoms with E-state index in [0.717, 1.165) is 11.3 Å². The molecule has 6 nitrogen and oxygen atoms in total. The first-order valence-electron chi connectivity index (χ1n) is 6.87. The van der Waals surface area contributed by atoms with Gasteiger partial charge in [0.05, 0.1) is 23.5 Å². The van der Waals surface area contributed by atoms with E-state index >= 15 is 0 Å². The van der Waals surface area contributed by atoms with Crippen molar-refractivity contribution in [3.8, 4) is 5.88 Å². The van der Waals surface area contributed by atoms with Crippen molar-refractivity contribution in [1.29, 1.82) is 0 Å². The maximum Gasteiger partial charge on any atom is 0.322 e. The van der Waals surface area contributed by atoms with Gasteiger partial charge < -0.3 is 15.0 Å². The molecule has 7 heteroatoms. The minimum Gasteiger partial charge on any atom is -0.480 e. The molecule has 0 saturated carbocycles. The summed E-state index contributed by atoms with van der Waals surface area (Å²) < 4.78 is 5.08. The lowest BCUT2D eigenvalue weighted by atomic mass is 10.1. The van der Waals surface area contributed by atoms with Crippen molar-refractivity contribution < 1.29 is 9.53 Å². The van der Waals surface area contributed by atoms with Crippen LogP contribution in [0.1, 0.15) is 11.3 Å². The Kier molecular flexibility index (Phi) is 4.11. The molecule has 0 saturated heterocycles. The Morgan fingerprint density at radius 2 is 2.18 bits per heavy atom. The van der Waals surface area contributed by atoms with E-state index in [-0.39, 0.29) is 6.03 Å².